The molecule has 1 fully saturated rings. The van der Waals surface area contributed by atoms with Gasteiger partial charge in [0.05, 0.1) is 11.8 Å². The van der Waals surface area contributed by atoms with Crippen molar-refractivity contribution >= 4 is 17.2 Å². The van der Waals surface area contributed by atoms with Gasteiger partial charge in [0.25, 0.3) is 5.91 Å². The number of nitrogens with zero attached hydrogens (tertiary/aromatic N) is 1. The second-order valence-electron chi connectivity index (χ2n) is 5.97. The third-order valence-electron chi connectivity index (χ3n) is 3.94. The highest BCUT2D eigenvalue weighted by atomic mass is 32.1. The average Bonchev–Trinajstić information content (AvgIpc) is 3.22. The van der Waals surface area contributed by atoms with Gasteiger partial charge in [0.1, 0.15) is 22.2 Å². The quantitative estimate of drug-likeness (QED) is 0.872. The van der Waals surface area contributed by atoms with E-state index in [0.717, 1.165) is 35.9 Å². The lowest BCUT2D eigenvalue weighted by Crippen LogP contribution is -2.31. The van der Waals surface area contributed by atoms with E-state index < -0.39 is 0 Å². The van der Waals surface area contributed by atoms with Crippen LogP contribution < -0.4 is 10.1 Å². The van der Waals surface area contributed by atoms with Crippen molar-refractivity contribution < 1.29 is 14.3 Å². The van der Waals surface area contributed by atoms with Crippen molar-refractivity contribution in [1.82, 2.24) is 10.3 Å². The number of rotatable bonds is 6. The van der Waals surface area contributed by atoms with Crippen LogP contribution in [0.4, 0.5) is 0 Å². The number of carbonyl (C=O) groups is 1. The molecule has 2 heterocycles. The lowest BCUT2D eigenvalue weighted by molar-refractivity contribution is 0.0860. The molecule has 1 N–H and O–H groups in total. The highest BCUT2D eigenvalue weighted by Crippen LogP contribution is 2.21. The molecule has 1 aliphatic rings. The fourth-order valence-electron chi connectivity index (χ4n) is 2.60. The minimum atomic E-state index is -0.0814. The minimum absolute atomic E-state index is 0.0814. The predicted molar refractivity (Wildman–Crippen MR) is 93.7 cm³/mol. The fraction of sp³-hybridized carbons (Fsp3) is 0.444. The zero-order valence-corrected chi connectivity index (χ0v) is 14.8. The van der Waals surface area contributed by atoms with E-state index in [2.05, 4.69) is 10.3 Å². The molecule has 24 heavy (non-hydrogen) atoms. The second-order valence-corrected chi connectivity index (χ2v) is 7.05. The molecule has 6 heteroatoms. The second kappa shape index (κ2) is 7.77. The van der Waals surface area contributed by atoms with Gasteiger partial charge in [-0.05, 0) is 38.8 Å². The van der Waals surface area contributed by atoms with Gasteiger partial charge in [-0.15, -0.1) is 11.3 Å². The fourth-order valence-corrected chi connectivity index (χ4v) is 3.49. The molecule has 128 valence electrons. The first-order valence-electron chi connectivity index (χ1n) is 8.17. The summed E-state index contributed by atoms with van der Waals surface area (Å²) >= 11 is 1.38. The van der Waals surface area contributed by atoms with Crippen LogP contribution in [0, 0.1) is 13.8 Å². The summed E-state index contributed by atoms with van der Waals surface area (Å²) in [5.74, 6) is 0.722. The molecule has 1 aromatic heterocycles. The van der Waals surface area contributed by atoms with Gasteiger partial charge in [-0.25, -0.2) is 4.98 Å². The molecule has 0 saturated carbocycles. The summed E-state index contributed by atoms with van der Waals surface area (Å²) in [5.41, 5.74) is 1.94. The van der Waals surface area contributed by atoms with Gasteiger partial charge in [-0.3, -0.25) is 4.79 Å². The zero-order valence-electron chi connectivity index (χ0n) is 14.0. The van der Waals surface area contributed by atoms with Crippen LogP contribution >= 0.6 is 11.3 Å². The molecule has 0 radical (unpaired) electrons. The Morgan fingerprint density at radius 2 is 2.17 bits per heavy atom. The van der Waals surface area contributed by atoms with Crippen molar-refractivity contribution in [3.05, 3.63) is 45.4 Å². The van der Waals surface area contributed by atoms with Gasteiger partial charge in [-0.2, -0.15) is 0 Å². The van der Waals surface area contributed by atoms with E-state index in [-0.39, 0.29) is 12.0 Å². The molecule has 0 spiro atoms. The lowest BCUT2D eigenvalue weighted by Gasteiger charge is -2.09. The van der Waals surface area contributed by atoms with Gasteiger partial charge < -0.3 is 14.8 Å². The van der Waals surface area contributed by atoms with Crippen LogP contribution in [-0.4, -0.2) is 30.1 Å². The Labute approximate surface area is 146 Å². The van der Waals surface area contributed by atoms with E-state index in [9.17, 15) is 4.79 Å². The maximum Gasteiger partial charge on any atom is 0.263 e. The van der Waals surface area contributed by atoms with Gasteiger partial charge in [0, 0.05) is 13.2 Å². The molecule has 2 aromatic rings. The van der Waals surface area contributed by atoms with Crippen LogP contribution in [0.25, 0.3) is 0 Å². The number of amides is 1. The van der Waals surface area contributed by atoms with Crippen LogP contribution in [0.5, 0.6) is 5.75 Å². The third kappa shape index (κ3) is 4.33. The lowest BCUT2D eigenvalue weighted by atomic mass is 10.2. The molecular weight excluding hydrogens is 324 g/mol. The number of aryl methyl sites for hydroxylation is 2. The summed E-state index contributed by atoms with van der Waals surface area (Å²) < 4.78 is 11.3. The van der Waals surface area contributed by atoms with Gasteiger partial charge in [0.15, 0.2) is 0 Å². The van der Waals surface area contributed by atoms with Crippen molar-refractivity contribution in [2.45, 2.75) is 39.4 Å². The number of aromatic nitrogens is 1. The monoisotopic (exact) mass is 346 g/mol. The van der Waals surface area contributed by atoms with Crippen molar-refractivity contribution in [2.75, 3.05) is 13.2 Å². The normalized spacial score (nSPS) is 17.0. The molecule has 1 aliphatic heterocycles. The highest BCUT2D eigenvalue weighted by molar-refractivity contribution is 7.13. The molecule has 1 aromatic carbocycles. The highest BCUT2D eigenvalue weighted by Gasteiger charge is 2.19. The van der Waals surface area contributed by atoms with Crippen LogP contribution in [0.2, 0.25) is 0 Å². The number of carbonyl (C=O) groups excluding carboxylic acids is 1. The zero-order chi connectivity index (χ0) is 16.9. The summed E-state index contributed by atoms with van der Waals surface area (Å²) in [6.45, 7) is 5.61. The minimum Gasteiger partial charge on any atom is -0.486 e. The van der Waals surface area contributed by atoms with Crippen molar-refractivity contribution in [3.63, 3.8) is 0 Å². The van der Waals surface area contributed by atoms with Crippen LogP contribution in [-0.2, 0) is 11.3 Å². The van der Waals surface area contributed by atoms with Crippen LogP contribution in [0.15, 0.2) is 24.3 Å². The van der Waals surface area contributed by atoms with Crippen LogP contribution in [0.1, 0.15) is 38.8 Å². The standard InChI is InChI=1S/C18H22N2O3S/c1-12-5-7-14(8-6-12)23-11-16-20-13(2)17(24-16)18(21)19-10-15-4-3-9-22-15/h5-8,15H,3-4,9-11H2,1-2H3,(H,19,21). The Morgan fingerprint density at radius 3 is 2.88 bits per heavy atom. The van der Waals surface area contributed by atoms with E-state index in [1.54, 1.807) is 0 Å². The molecule has 1 saturated heterocycles. The van der Waals surface area contributed by atoms with Gasteiger partial charge in [0.2, 0.25) is 0 Å². The first-order chi connectivity index (χ1) is 11.6. The smallest absolute Gasteiger partial charge is 0.263 e. The summed E-state index contributed by atoms with van der Waals surface area (Å²) in [6, 6.07) is 7.88. The van der Waals surface area contributed by atoms with Crippen molar-refractivity contribution in [3.8, 4) is 5.75 Å². The van der Waals surface area contributed by atoms with E-state index in [4.69, 9.17) is 9.47 Å². The molecule has 1 amide bonds. The number of thiazole rings is 1. The maximum absolute atomic E-state index is 12.3. The van der Waals surface area contributed by atoms with Crippen molar-refractivity contribution in [2.24, 2.45) is 0 Å². The topological polar surface area (TPSA) is 60.5 Å². The SMILES string of the molecule is Cc1ccc(OCc2nc(C)c(C(=O)NCC3CCCO3)s2)cc1. The van der Waals surface area contributed by atoms with Gasteiger partial charge in [-0.1, -0.05) is 17.7 Å². The summed E-state index contributed by atoms with van der Waals surface area (Å²) in [7, 11) is 0. The third-order valence-corrected chi connectivity index (χ3v) is 5.07. The Hall–Kier alpha value is -1.92. The summed E-state index contributed by atoms with van der Waals surface area (Å²) in [4.78, 5) is 17.4. The average molecular weight is 346 g/mol. The molecule has 5 nitrogen and oxygen atoms in total. The van der Waals surface area contributed by atoms with E-state index >= 15 is 0 Å². The van der Waals surface area contributed by atoms with Crippen molar-refractivity contribution in [1.29, 1.82) is 0 Å². The molecule has 1 unspecified atom stereocenters. The number of benzene rings is 1. The summed E-state index contributed by atoms with van der Waals surface area (Å²) in [6.07, 6.45) is 2.23. The van der Waals surface area contributed by atoms with Crippen LogP contribution in [0.3, 0.4) is 0 Å². The van der Waals surface area contributed by atoms with E-state index in [1.165, 1.54) is 16.9 Å². The number of nitrogens with one attached hydrogen (secondary N) is 1. The first-order valence-corrected chi connectivity index (χ1v) is 8.99. The molecule has 3 rings (SSSR count). The predicted octanol–water partition coefficient (Wildman–Crippen LogP) is 3.25. The molecule has 0 aliphatic carbocycles. The molecular formula is C18H22N2O3S. The largest absolute Gasteiger partial charge is 0.486 e. The summed E-state index contributed by atoms with van der Waals surface area (Å²) in [5, 5.41) is 3.74. The number of ether oxygens (including phenoxy) is 2. The van der Waals surface area contributed by atoms with E-state index in [1.807, 2.05) is 38.1 Å². The first kappa shape index (κ1) is 16.9. The van der Waals surface area contributed by atoms with Gasteiger partial charge >= 0.3 is 0 Å². The Balaban J connectivity index is 1.55. The number of hydrogen-bond donors (Lipinski definition) is 1. The maximum atomic E-state index is 12.3. The van der Waals surface area contributed by atoms with E-state index in [0.29, 0.717) is 18.0 Å². The Kier molecular flexibility index (Phi) is 5.48. The Morgan fingerprint density at radius 1 is 1.38 bits per heavy atom. The Bertz CT molecular complexity index is 691. The molecule has 1 atom stereocenters. The molecule has 0 bridgehead atoms. The number of hydrogen-bond acceptors (Lipinski definition) is 5.